The molecule has 178 valence electrons. The van der Waals surface area contributed by atoms with E-state index in [0.717, 1.165) is 22.9 Å². The number of hydrogen-bond acceptors (Lipinski definition) is 5. The summed E-state index contributed by atoms with van der Waals surface area (Å²) in [5.74, 6) is -0.713. The van der Waals surface area contributed by atoms with Crippen LogP contribution in [0, 0.1) is 6.92 Å². The minimum atomic E-state index is -3.61. The van der Waals surface area contributed by atoms with Crippen LogP contribution in [0.2, 0.25) is 0 Å². The first-order valence-electron chi connectivity index (χ1n) is 10.8. The molecule has 7 nitrogen and oxygen atoms in total. The zero-order valence-electron chi connectivity index (χ0n) is 19.4. The Kier molecular flexibility index (Phi) is 8.20. The third kappa shape index (κ3) is 7.26. The molecule has 0 radical (unpaired) electrons. The van der Waals surface area contributed by atoms with Crippen LogP contribution in [0.1, 0.15) is 39.7 Å². The molecule has 0 unspecified atom stereocenters. The van der Waals surface area contributed by atoms with Gasteiger partial charge in [0.05, 0.1) is 18.6 Å². The molecule has 1 amide bonds. The van der Waals surface area contributed by atoms with Crippen molar-refractivity contribution in [3.8, 4) is 0 Å². The predicted octanol–water partition coefficient (Wildman–Crippen LogP) is 3.72. The molecule has 0 fully saturated rings. The molecule has 0 bridgehead atoms. The van der Waals surface area contributed by atoms with E-state index in [4.69, 9.17) is 4.74 Å². The summed E-state index contributed by atoms with van der Waals surface area (Å²) < 4.78 is 31.5. The first-order valence-corrected chi connectivity index (χ1v) is 12.7. The standard InChI is InChI=1S/C26H28N2O5S/c1-19-8-14-23(15-9-19)25(29)24-7-5-17-28(24)16-4-6-21-10-12-22(13-11-21)18-33-20(2)26(30)27-34(3,31)32/h4-15,17,20H,16,18H2,1-3H3,(H,27,30)/t20-/m1/s1. The molecule has 8 heteroatoms. The van der Waals surface area contributed by atoms with Crippen LogP contribution < -0.4 is 4.72 Å². The second kappa shape index (κ2) is 11.1. The summed E-state index contributed by atoms with van der Waals surface area (Å²) in [4.78, 5) is 24.6. The SMILES string of the molecule is Cc1ccc(C(=O)c2cccn2CC=Cc2ccc(CO[C@H](C)C(=O)NS(C)(=O)=O)cc2)cc1. The topological polar surface area (TPSA) is 94.5 Å². The molecule has 0 saturated carbocycles. The summed E-state index contributed by atoms with van der Waals surface area (Å²) in [6, 6.07) is 18.8. The molecule has 0 aliphatic heterocycles. The predicted molar refractivity (Wildman–Crippen MR) is 132 cm³/mol. The third-order valence-electron chi connectivity index (χ3n) is 5.12. The summed E-state index contributed by atoms with van der Waals surface area (Å²) in [5, 5.41) is 0. The monoisotopic (exact) mass is 480 g/mol. The molecule has 1 heterocycles. The highest BCUT2D eigenvalue weighted by molar-refractivity contribution is 7.89. The molecule has 3 rings (SSSR count). The molecule has 1 atom stereocenters. The number of benzene rings is 2. The number of carbonyl (C=O) groups is 2. The lowest BCUT2D eigenvalue weighted by molar-refractivity contribution is -0.130. The number of ether oxygens (including phenoxy) is 1. The highest BCUT2D eigenvalue weighted by Gasteiger charge is 2.17. The summed E-state index contributed by atoms with van der Waals surface area (Å²) in [5.41, 5.74) is 4.24. The van der Waals surface area contributed by atoms with E-state index in [9.17, 15) is 18.0 Å². The number of nitrogens with zero attached hydrogens (tertiary/aromatic N) is 1. The molecule has 1 N–H and O–H groups in total. The van der Waals surface area contributed by atoms with E-state index in [1.165, 1.54) is 6.92 Å². The van der Waals surface area contributed by atoms with Gasteiger partial charge in [0.25, 0.3) is 5.91 Å². The molecule has 34 heavy (non-hydrogen) atoms. The fourth-order valence-electron chi connectivity index (χ4n) is 3.22. The van der Waals surface area contributed by atoms with Gasteiger partial charge in [-0.15, -0.1) is 0 Å². The van der Waals surface area contributed by atoms with Gasteiger partial charge in [-0.1, -0.05) is 66.2 Å². The van der Waals surface area contributed by atoms with Crippen LogP contribution in [0.3, 0.4) is 0 Å². The molecule has 0 aliphatic carbocycles. The van der Waals surface area contributed by atoms with Crippen LogP contribution in [0.25, 0.3) is 6.08 Å². The number of sulfonamides is 1. The number of nitrogens with one attached hydrogen (secondary N) is 1. The zero-order valence-corrected chi connectivity index (χ0v) is 20.2. The van der Waals surface area contributed by atoms with E-state index in [0.29, 0.717) is 17.8 Å². The van der Waals surface area contributed by atoms with Crippen molar-refractivity contribution in [2.45, 2.75) is 33.1 Å². The van der Waals surface area contributed by atoms with Crippen LogP contribution in [-0.2, 0) is 32.7 Å². The number of aryl methyl sites for hydroxylation is 1. The van der Waals surface area contributed by atoms with Crippen molar-refractivity contribution in [1.82, 2.24) is 9.29 Å². The Bertz CT molecular complexity index is 1270. The van der Waals surface area contributed by atoms with E-state index in [-0.39, 0.29) is 12.4 Å². The first kappa shape index (κ1) is 25.1. The van der Waals surface area contributed by atoms with Crippen molar-refractivity contribution in [3.05, 3.63) is 101 Å². The molecule has 3 aromatic rings. The Morgan fingerprint density at radius 1 is 1.06 bits per heavy atom. The van der Waals surface area contributed by atoms with Crippen molar-refractivity contribution in [2.75, 3.05) is 6.26 Å². The molecule has 1 aromatic heterocycles. The van der Waals surface area contributed by atoms with Gasteiger partial charge >= 0.3 is 0 Å². The van der Waals surface area contributed by atoms with Gasteiger partial charge < -0.3 is 9.30 Å². The van der Waals surface area contributed by atoms with E-state index in [1.807, 2.05) is 95.2 Å². The van der Waals surface area contributed by atoms with E-state index >= 15 is 0 Å². The summed E-state index contributed by atoms with van der Waals surface area (Å²) in [6.07, 6.45) is 5.85. The number of allylic oxidation sites excluding steroid dienone is 1. The second-order valence-corrected chi connectivity index (χ2v) is 9.83. The first-order chi connectivity index (χ1) is 16.1. The quantitative estimate of drug-likeness (QED) is 0.446. The van der Waals surface area contributed by atoms with Crippen molar-refractivity contribution in [1.29, 1.82) is 0 Å². The number of hydrogen-bond donors (Lipinski definition) is 1. The lowest BCUT2D eigenvalue weighted by atomic mass is 10.1. The van der Waals surface area contributed by atoms with E-state index in [2.05, 4.69) is 0 Å². The molecular formula is C26H28N2O5S. The molecule has 2 aromatic carbocycles. The van der Waals surface area contributed by atoms with Gasteiger partial charge in [-0.25, -0.2) is 8.42 Å². The van der Waals surface area contributed by atoms with Gasteiger partial charge in [0.1, 0.15) is 6.10 Å². The maximum Gasteiger partial charge on any atom is 0.262 e. The Labute approximate surface area is 200 Å². The van der Waals surface area contributed by atoms with Crippen LogP contribution in [0.4, 0.5) is 0 Å². The van der Waals surface area contributed by atoms with E-state index in [1.54, 1.807) is 0 Å². The van der Waals surface area contributed by atoms with Crippen molar-refractivity contribution < 1.29 is 22.7 Å². The average Bonchev–Trinajstić information content (AvgIpc) is 3.25. The second-order valence-electron chi connectivity index (χ2n) is 8.08. The Morgan fingerprint density at radius 3 is 2.38 bits per heavy atom. The molecule has 0 spiro atoms. The summed E-state index contributed by atoms with van der Waals surface area (Å²) >= 11 is 0. The number of carbonyl (C=O) groups excluding carboxylic acids is 2. The van der Waals surface area contributed by atoms with Gasteiger partial charge in [0.15, 0.2) is 0 Å². The lowest BCUT2D eigenvalue weighted by Gasteiger charge is -2.12. The number of rotatable bonds is 10. The average molecular weight is 481 g/mol. The number of ketones is 1. The highest BCUT2D eigenvalue weighted by atomic mass is 32.2. The van der Waals surface area contributed by atoms with Crippen molar-refractivity contribution in [2.24, 2.45) is 0 Å². The van der Waals surface area contributed by atoms with Crippen LogP contribution in [0.5, 0.6) is 0 Å². The fourth-order valence-corrected chi connectivity index (χ4v) is 3.75. The lowest BCUT2D eigenvalue weighted by Crippen LogP contribution is -2.37. The van der Waals surface area contributed by atoms with Gasteiger partial charge in [-0.2, -0.15) is 0 Å². The number of aromatic nitrogens is 1. The normalized spacial score (nSPS) is 12.6. The Hall–Kier alpha value is -3.49. The van der Waals surface area contributed by atoms with Crippen molar-refractivity contribution >= 4 is 27.8 Å². The maximum atomic E-state index is 12.8. The van der Waals surface area contributed by atoms with Crippen LogP contribution >= 0.6 is 0 Å². The fraction of sp³-hybridized carbons (Fsp3) is 0.231. The Balaban J connectivity index is 1.55. The Morgan fingerprint density at radius 2 is 1.74 bits per heavy atom. The zero-order chi connectivity index (χ0) is 24.7. The molecule has 0 aliphatic rings. The highest BCUT2D eigenvalue weighted by Crippen LogP contribution is 2.13. The largest absolute Gasteiger partial charge is 0.364 e. The van der Waals surface area contributed by atoms with Crippen LogP contribution in [0.15, 0.2) is 72.9 Å². The third-order valence-corrected chi connectivity index (χ3v) is 5.70. The van der Waals surface area contributed by atoms with E-state index < -0.39 is 22.0 Å². The smallest absolute Gasteiger partial charge is 0.262 e. The maximum absolute atomic E-state index is 12.8. The van der Waals surface area contributed by atoms with Crippen molar-refractivity contribution in [3.63, 3.8) is 0 Å². The minimum Gasteiger partial charge on any atom is -0.364 e. The van der Waals surface area contributed by atoms with Gasteiger partial charge in [-0.05, 0) is 37.1 Å². The van der Waals surface area contributed by atoms with Gasteiger partial charge in [0, 0.05) is 18.3 Å². The number of amides is 1. The van der Waals surface area contributed by atoms with Gasteiger partial charge in [0.2, 0.25) is 15.8 Å². The van der Waals surface area contributed by atoms with Crippen LogP contribution in [-0.4, -0.2) is 37.0 Å². The van der Waals surface area contributed by atoms with Gasteiger partial charge in [-0.3, -0.25) is 14.3 Å². The summed E-state index contributed by atoms with van der Waals surface area (Å²) in [6.45, 7) is 4.22. The molecular weight excluding hydrogens is 452 g/mol. The summed E-state index contributed by atoms with van der Waals surface area (Å²) in [7, 11) is -3.61. The minimum absolute atomic E-state index is 0.0119. The molecule has 0 saturated heterocycles.